The minimum Gasteiger partial charge on any atom is -0.493 e. The molecule has 0 aliphatic rings. The van der Waals surface area contributed by atoms with Gasteiger partial charge in [0.15, 0.2) is 0 Å². The lowest BCUT2D eigenvalue weighted by molar-refractivity contribution is -0.133. The van der Waals surface area contributed by atoms with E-state index in [0.29, 0.717) is 30.8 Å². The van der Waals surface area contributed by atoms with Crippen LogP contribution in [-0.2, 0) is 9.53 Å². The zero-order valence-corrected chi connectivity index (χ0v) is 10.5. The van der Waals surface area contributed by atoms with Crippen LogP contribution in [0.15, 0.2) is 39.5 Å². The van der Waals surface area contributed by atoms with Crippen molar-refractivity contribution in [1.82, 2.24) is 0 Å². The van der Waals surface area contributed by atoms with Crippen molar-refractivity contribution in [2.45, 2.75) is 19.4 Å². The third-order valence-electron chi connectivity index (χ3n) is 2.68. The summed E-state index contributed by atoms with van der Waals surface area (Å²) in [6.45, 7) is 2.63. The Labute approximate surface area is 109 Å². The Hall–Kier alpha value is -2.30. The van der Waals surface area contributed by atoms with Crippen LogP contribution in [0.4, 0.5) is 0 Å². The van der Waals surface area contributed by atoms with E-state index in [1.807, 2.05) is 6.07 Å². The molecular formula is C14H14O5. The van der Waals surface area contributed by atoms with Crippen molar-refractivity contribution in [3.63, 3.8) is 0 Å². The second-order valence-electron chi connectivity index (χ2n) is 4.13. The van der Waals surface area contributed by atoms with Gasteiger partial charge < -0.3 is 13.9 Å². The molecule has 1 aromatic carbocycles. The van der Waals surface area contributed by atoms with Gasteiger partial charge in [-0.2, -0.15) is 0 Å². The van der Waals surface area contributed by atoms with E-state index in [2.05, 4.69) is 0 Å². The van der Waals surface area contributed by atoms with Crippen LogP contribution < -0.4 is 10.4 Å². The van der Waals surface area contributed by atoms with Gasteiger partial charge >= 0.3 is 5.63 Å². The molecule has 0 fully saturated rings. The Bertz CT molecular complexity index is 617. The van der Waals surface area contributed by atoms with Crippen molar-refractivity contribution < 1.29 is 18.7 Å². The molecule has 0 saturated heterocycles. The van der Waals surface area contributed by atoms with Gasteiger partial charge in [0, 0.05) is 23.9 Å². The highest BCUT2D eigenvalue weighted by atomic mass is 16.5. The van der Waals surface area contributed by atoms with Gasteiger partial charge in [0.1, 0.15) is 17.4 Å². The number of ether oxygens (including phenoxy) is 2. The Balaban J connectivity index is 2.01. The van der Waals surface area contributed by atoms with Gasteiger partial charge in [0.2, 0.25) is 0 Å². The fourth-order valence-electron chi connectivity index (χ4n) is 1.64. The average molecular weight is 262 g/mol. The smallest absolute Gasteiger partial charge is 0.336 e. The number of hydrogen-bond acceptors (Lipinski definition) is 5. The molecule has 5 nitrogen and oxygen atoms in total. The van der Waals surface area contributed by atoms with Crippen LogP contribution in [0.25, 0.3) is 11.0 Å². The van der Waals surface area contributed by atoms with Crippen molar-refractivity contribution >= 4 is 17.4 Å². The monoisotopic (exact) mass is 262 g/mol. The summed E-state index contributed by atoms with van der Waals surface area (Å²) in [4.78, 5) is 21.2. The predicted molar refractivity (Wildman–Crippen MR) is 69.2 cm³/mol. The van der Waals surface area contributed by atoms with Gasteiger partial charge in [-0.05, 0) is 25.1 Å². The molecule has 0 aliphatic carbocycles. The largest absolute Gasteiger partial charge is 0.493 e. The molecule has 1 aromatic heterocycles. The minimum atomic E-state index is -0.391. The van der Waals surface area contributed by atoms with Crippen LogP contribution in [0.5, 0.6) is 5.75 Å². The summed E-state index contributed by atoms with van der Waals surface area (Å²) >= 11 is 0. The maximum Gasteiger partial charge on any atom is 0.336 e. The van der Waals surface area contributed by atoms with Crippen molar-refractivity contribution in [3.05, 3.63) is 40.8 Å². The molecule has 2 rings (SSSR count). The zero-order chi connectivity index (χ0) is 13.7. The molecule has 0 aliphatic heterocycles. The molecule has 1 heterocycles. The number of fused-ring (bicyclic) bond motifs is 1. The summed E-state index contributed by atoms with van der Waals surface area (Å²) in [5, 5.41) is 0.838. The van der Waals surface area contributed by atoms with E-state index in [1.165, 1.54) is 6.07 Å². The number of hydrogen-bond donors (Lipinski definition) is 0. The lowest BCUT2D eigenvalue weighted by Gasteiger charge is -2.10. The summed E-state index contributed by atoms with van der Waals surface area (Å²) < 4.78 is 15.3. The highest BCUT2D eigenvalue weighted by molar-refractivity contribution is 5.77. The molecule has 0 amide bonds. The van der Waals surface area contributed by atoms with Crippen LogP contribution in [0.2, 0.25) is 0 Å². The fourth-order valence-corrected chi connectivity index (χ4v) is 1.64. The average Bonchev–Trinajstić information content (AvgIpc) is 2.38. The number of rotatable bonds is 6. The quantitative estimate of drug-likeness (QED) is 0.589. The zero-order valence-electron chi connectivity index (χ0n) is 10.5. The molecule has 0 radical (unpaired) electrons. The van der Waals surface area contributed by atoms with E-state index in [1.54, 1.807) is 25.1 Å². The van der Waals surface area contributed by atoms with Crippen molar-refractivity contribution in [2.24, 2.45) is 0 Å². The number of carbonyl (C=O) groups excluding carboxylic acids is 1. The normalized spacial score (nSPS) is 12.1. The lowest BCUT2D eigenvalue weighted by Crippen LogP contribution is -2.11. The third-order valence-corrected chi connectivity index (χ3v) is 2.68. The summed E-state index contributed by atoms with van der Waals surface area (Å²) in [6, 6.07) is 8.36. The highest BCUT2D eigenvalue weighted by Crippen LogP contribution is 2.19. The first-order valence-corrected chi connectivity index (χ1v) is 5.95. The van der Waals surface area contributed by atoms with Gasteiger partial charge in [-0.3, -0.25) is 4.79 Å². The number of carbonyl (C=O) groups is 1. The third kappa shape index (κ3) is 3.58. The van der Waals surface area contributed by atoms with Gasteiger partial charge in [0.25, 0.3) is 6.47 Å². The second kappa shape index (κ2) is 6.04. The second-order valence-corrected chi connectivity index (χ2v) is 4.13. The first kappa shape index (κ1) is 13.1. The summed E-state index contributed by atoms with van der Waals surface area (Å²) in [7, 11) is 0. The minimum absolute atomic E-state index is 0.184. The van der Waals surface area contributed by atoms with Crippen LogP contribution in [-0.4, -0.2) is 19.2 Å². The fraction of sp³-hybridized carbons (Fsp3) is 0.286. The maximum absolute atomic E-state index is 11.1. The molecule has 2 aromatic rings. The van der Waals surface area contributed by atoms with Crippen LogP contribution in [0.3, 0.4) is 0 Å². The van der Waals surface area contributed by atoms with Crippen LogP contribution in [0, 0.1) is 0 Å². The Morgan fingerprint density at radius 2 is 2.11 bits per heavy atom. The van der Waals surface area contributed by atoms with E-state index in [-0.39, 0.29) is 6.10 Å². The Morgan fingerprint density at radius 3 is 2.89 bits per heavy atom. The molecule has 1 atom stereocenters. The first-order valence-electron chi connectivity index (χ1n) is 5.95. The Kier molecular flexibility index (Phi) is 4.18. The van der Waals surface area contributed by atoms with Crippen molar-refractivity contribution in [2.75, 3.05) is 6.61 Å². The van der Waals surface area contributed by atoms with Gasteiger partial charge in [-0.15, -0.1) is 0 Å². The molecule has 0 spiro atoms. The molecule has 0 saturated carbocycles. The molecular weight excluding hydrogens is 248 g/mol. The highest BCUT2D eigenvalue weighted by Gasteiger charge is 2.03. The summed E-state index contributed by atoms with van der Waals surface area (Å²) in [5.74, 6) is 0.611. The standard InChI is InChI=1S/C14H14O5/c1-10(18-9-15)6-7-17-12-4-2-11-3-5-14(16)19-13(11)8-12/h2-5,8-10H,6-7H2,1H3. The van der Waals surface area contributed by atoms with E-state index < -0.39 is 5.63 Å². The van der Waals surface area contributed by atoms with E-state index >= 15 is 0 Å². The van der Waals surface area contributed by atoms with Gasteiger partial charge in [0.05, 0.1) is 6.61 Å². The van der Waals surface area contributed by atoms with E-state index in [0.717, 1.165) is 5.39 Å². The molecule has 1 unspecified atom stereocenters. The van der Waals surface area contributed by atoms with Gasteiger partial charge in [-0.25, -0.2) is 4.79 Å². The molecule has 0 N–H and O–H groups in total. The molecule has 19 heavy (non-hydrogen) atoms. The van der Waals surface area contributed by atoms with Crippen LogP contribution in [0.1, 0.15) is 13.3 Å². The maximum atomic E-state index is 11.1. The van der Waals surface area contributed by atoms with Crippen molar-refractivity contribution in [3.8, 4) is 5.75 Å². The molecule has 0 bridgehead atoms. The predicted octanol–water partition coefficient (Wildman–Crippen LogP) is 2.12. The van der Waals surface area contributed by atoms with Crippen molar-refractivity contribution in [1.29, 1.82) is 0 Å². The summed E-state index contributed by atoms with van der Waals surface area (Å²) in [6.07, 6.45) is 0.408. The van der Waals surface area contributed by atoms with Crippen LogP contribution >= 0.6 is 0 Å². The first-order chi connectivity index (χ1) is 9.19. The van der Waals surface area contributed by atoms with E-state index in [9.17, 15) is 9.59 Å². The topological polar surface area (TPSA) is 65.7 Å². The molecule has 5 heteroatoms. The molecule has 100 valence electrons. The summed E-state index contributed by atoms with van der Waals surface area (Å²) in [5.41, 5.74) is 0.0971. The lowest BCUT2D eigenvalue weighted by atomic mass is 10.2. The van der Waals surface area contributed by atoms with E-state index in [4.69, 9.17) is 13.9 Å². The SMILES string of the molecule is CC(CCOc1ccc2ccc(=O)oc2c1)OC=O. The van der Waals surface area contributed by atoms with Gasteiger partial charge in [-0.1, -0.05) is 0 Å². The number of benzene rings is 1. The Morgan fingerprint density at radius 1 is 1.32 bits per heavy atom.